The zero-order valence-electron chi connectivity index (χ0n) is 11.0. The number of benzene rings is 1. The molecule has 0 saturated heterocycles. The minimum atomic E-state index is 0.549. The fourth-order valence-electron chi connectivity index (χ4n) is 4.30. The molecule has 2 bridgehead atoms. The molecule has 4 atom stereocenters. The third-order valence-corrected chi connectivity index (χ3v) is 7.09. The zero-order valence-corrected chi connectivity index (χ0v) is 13.4. The molecule has 1 aromatic carbocycles. The van der Waals surface area contributed by atoms with Gasteiger partial charge in [0.05, 0.1) is 0 Å². The molecule has 100 valence electrons. The van der Waals surface area contributed by atoms with Crippen LogP contribution in [0.5, 0.6) is 0 Å². The van der Waals surface area contributed by atoms with Gasteiger partial charge in [-0.2, -0.15) is 0 Å². The average Bonchev–Trinajstić information content (AvgIpc) is 3.13. The molecular formula is C17H19BrS. The summed E-state index contributed by atoms with van der Waals surface area (Å²) in [4.78, 5) is 0.549. The largest absolute Gasteiger partial charge is 0.143 e. The van der Waals surface area contributed by atoms with E-state index in [9.17, 15) is 0 Å². The summed E-state index contributed by atoms with van der Waals surface area (Å²) in [5.41, 5.74) is 1.52. The zero-order chi connectivity index (χ0) is 12.8. The van der Waals surface area contributed by atoms with Crippen molar-refractivity contribution in [2.24, 2.45) is 17.8 Å². The van der Waals surface area contributed by atoms with Crippen molar-refractivity contribution in [3.8, 4) is 0 Å². The molecule has 2 aromatic rings. The highest BCUT2D eigenvalue weighted by molar-refractivity contribution is 9.09. The van der Waals surface area contributed by atoms with Crippen molar-refractivity contribution in [1.29, 1.82) is 0 Å². The van der Waals surface area contributed by atoms with Crippen molar-refractivity contribution < 1.29 is 0 Å². The molecule has 2 saturated carbocycles. The Balaban J connectivity index is 1.55. The second kappa shape index (κ2) is 4.89. The lowest BCUT2D eigenvalue weighted by atomic mass is 9.84. The average molecular weight is 335 g/mol. The van der Waals surface area contributed by atoms with Crippen molar-refractivity contribution >= 4 is 37.4 Å². The van der Waals surface area contributed by atoms with Crippen LogP contribution in [-0.4, -0.2) is 0 Å². The van der Waals surface area contributed by atoms with Crippen LogP contribution >= 0.6 is 27.3 Å². The van der Waals surface area contributed by atoms with Gasteiger partial charge < -0.3 is 0 Å². The molecule has 2 heteroatoms. The quantitative estimate of drug-likeness (QED) is 0.589. The fourth-order valence-corrected chi connectivity index (χ4v) is 6.35. The molecule has 0 spiro atoms. The number of hydrogen-bond donors (Lipinski definition) is 0. The van der Waals surface area contributed by atoms with Crippen molar-refractivity contribution in [2.45, 2.75) is 36.9 Å². The maximum absolute atomic E-state index is 3.97. The summed E-state index contributed by atoms with van der Waals surface area (Å²) in [5.74, 6) is 3.07. The molecule has 2 fully saturated rings. The minimum Gasteiger partial charge on any atom is -0.143 e. The first-order chi connectivity index (χ1) is 9.31. The molecule has 0 aliphatic heterocycles. The van der Waals surface area contributed by atoms with Crippen molar-refractivity contribution in [3.05, 3.63) is 35.2 Å². The monoisotopic (exact) mass is 334 g/mol. The van der Waals surface area contributed by atoms with E-state index in [0.29, 0.717) is 4.83 Å². The molecule has 1 aromatic heterocycles. The van der Waals surface area contributed by atoms with Crippen LogP contribution < -0.4 is 0 Å². The summed E-state index contributed by atoms with van der Waals surface area (Å²) in [6.45, 7) is 0. The van der Waals surface area contributed by atoms with Gasteiger partial charge in [0, 0.05) is 9.53 Å². The molecule has 4 unspecified atom stereocenters. The van der Waals surface area contributed by atoms with Crippen LogP contribution in [0.25, 0.3) is 10.1 Å². The molecule has 0 N–H and O–H groups in total. The fraction of sp³-hybridized carbons (Fsp3) is 0.529. The maximum Gasteiger partial charge on any atom is 0.0412 e. The third-order valence-electron chi connectivity index (χ3n) is 5.24. The summed E-state index contributed by atoms with van der Waals surface area (Å²) in [6, 6.07) is 8.81. The van der Waals surface area contributed by atoms with E-state index in [1.165, 1.54) is 47.8 Å². The van der Waals surface area contributed by atoms with Crippen molar-refractivity contribution in [3.63, 3.8) is 0 Å². The van der Waals surface area contributed by atoms with Gasteiger partial charge in [0.25, 0.3) is 0 Å². The highest BCUT2D eigenvalue weighted by atomic mass is 79.9. The van der Waals surface area contributed by atoms with Gasteiger partial charge in [-0.15, -0.1) is 11.3 Å². The molecule has 0 radical (unpaired) electrons. The summed E-state index contributed by atoms with van der Waals surface area (Å²) in [5, 5.41) is 3.81. The summed E-state index contributed by atoms with van der Waals surface area (Å²) >= 11 is 5.86. The molecule has 0 nitrogen and oxygen atoms in total. The number of thiophene rings is 1. The van der Waals surface area contributed by atoms with E-state index >= 15 is 0 Å². The second-order valence-corrected chi connectivity index (χ2v) is 8.34. The number of rotatable bonds is 3. The van der Waals surface area contributed by atoms with Crippen molar-refractivity contribution in [1.82, 2.24) is 0 Å². The van der Waals surface area contributed by atoms with Crippen molar-refractivity contribution in [2.75, 3.05) is 0 Å². The molecule has 4 rings (SSSR count). The van der Waals surface area contributed by atoms with Crippen LogP contribution in [0.4, 0.5) is 0 Å². The molecule has 2 aliphatic rings. The van der Waals surface area contributed by atoms with Crippen LogP contribution in [0.1, 0.15) is 42.5 Å². The Kier molecular flexibility index (Phi) is 3.19. The molecule has 0 amide bonds. The van der Waals surface area contributed by atoms with E-state index in [1.54, 1.807) is 0 Å². The maximum atomic E-state index is 3.97. The normalized spacial score (nSPS) is 31.1. The van der Waals surface area contributed by atoms with Gasteiger partial charge in [-0.25, -0.2) is 0 Å². The highest BCUT2D eigenvalue weighted by Crippen LogP contribution is 2.52. The summed E-state index contributed by atoms with van der Waals surface area (Å²) in [7, 11) is 0. The number of halogens is 1. The summed E-state index contributed by atoms with van der Waals surface area (Å²) < 4.78 is 1.43. The minimum absolute atomic E-state index is 0.549. The Morgan fingerprint density at radius 2 is 2.11 bits per heavy atom. The number of fused-ring (bicyclic) bond motifs is 3. The Morgan fingerprint density at radius 3 is 2.89 bits per heavy atom. The van der Waals surface area contributed by atoms with Gasteiger partial charge in [-0.1, -0.05) is 40.5 Å². The first-order valence-electron chi connectivity index (χ1n) is 7.41. The standard InChI is InChI=1S/C17H19BrS/c18-16(9-13-8-11-5-6-12(13)7-11)15-10-19-17-4-2-1-3-14(15)17/h1-4,10-13,16H,5-9H2. The van der Waals surface area contributed by atoms with Gasteiger partial charge in [-0.3, -0.25) is 0 Å². The number of hydrogen-bond acceptors (Lipinski definition) is 1. The van der Waals surface area contributed by atoms with E-state index in [2.05, 4.69) is 45.6 Å². The predicted octanol–water partition coefficient (Wildman–Crippen LogP) is 6.16. The Morgan fingerprint density at radius 1 is 1.21 bits per heavy atom. The smallest absolute Gasteiger partial charge is 0.0412 e. The lowest BCUT2D eigenvalue weighted by molar-refractivity contribution is 0.314. The van der Waals surface area contributed by atoms with Crippen LogP contribution in [0.2, 0.25) is 0 Å². The van der Waals surface area contributed by atoms with Gasteiger partial charge in [0.1, 0.15) is 0 Å². The molecule has 1 heterocycles. The van der Waals surface area contributed by atoms with Gasteiger partial charge in [0.15, 0.2) is 0 Å². The van der Waals surface area contributed by atoms with Gasteiger partial charge >= 0.3 is 0 Å². The number of alkyl halides is 1. The van der Waals surface area contributed by atoms with Gasteiger partial charge in [0.2, 0.25) is 0 Å². The first kappa shape index (κ1) is 12.4. The summed E-state index contributed by atoms with van der Waals surface area (Å²) in [6.07, 6.45) is 7.36. The van der Waals surface area contributed by atoms with Crippen LogP contribution in [0.15, 0.2) is 29.6 Å². The predicted molar refractivity (Wildman–Crippen MR) is 87.0 cm³/mol. The third kappa shape index (κ3) is 2.17. The lowest BCUT2D eigenvalue weighted by Crippen LogP contribution is -2.12. The van der Waals surface area contributed by atoms with E-state index in [4.69, 9.17) is 0 Å². The van der Waals surface area contributed by atoms with Crippen LogP contribution in [0.3, 0.4) is 0 Å². The molecular weight excluding hydrogens is 316 g/mol. The first-order valence-corrected chi connectivity index (χ1v) is 9.21. The SMILES string of the molecule is BrC(CC1CC2CCC1C2)c1csc2ccccc12. The molecule has 2 aliphatic carbocycles. The van der Waals surface area contributed by atoms with E-state index in [1.807, 2.05) is 11.3 Å². The Labute approximate surface area is 127 Å². The van der Waals surface area contributed by atoms with E-state index < -0.39 is 0 Å². The van der Waals surface area contributed by atoms with Crippen LogP contribution in [0, 0.1) is 17.8 Å². The lowest BCUT2D eigenvalue weighted by Gasteiger charge is -2.24. The second-order valence-electron chi connectivity index (χ2n) is 6.33. The van der Waals surface area contributed by atoms with E-state index in [-0.39, 0.29) is 0 Å². The Bertz CT molecular complexity index is 588. The van der Waals surface area contributed by atoms with Gasteiger partial charge in [-0.05, 0) is 65.8 Å². The van der Waals surface area contributed by atoms with Crippen LogP contribution in [-0.2, 0) is 0 Å². The Hall–Kier alpha value is -0.340. The van der Waals surface area contributed by atoms with E-state index in [0.717, 1.165) is 17.8 Å². The highest BCUT2D eigenvalue weighted by Gasteiger charge is 2.40. The molecule has 19 heavy (non-hydrogen) atoms. The topological polar surface area (TPSA) is 0 Å².